The number of carboxylic acids is 1. The predicted molar refractivity (Wildman–Crippen MR) is 129 cm³/mol. The number of aryl methyl sites for hydroxylation is 1. The number of anilines is 1. The summed E-state index contributed by atoms with van der Waals surface area (Å²) in [6.07, 6.45) is 1.76. The Hall–Kier alpha value is -3.31. The van der Waals surface area contributed by atoms with E-state index in [9.17, 15) is 28.3 Å². The van der Waals surface area contributed by atoms with Gasteiger partial charge in [-0.1, -0.05) is 48.2 Å². The second-order valence-electron chi connectivity index (χ2n) is 7.26. The van der Waals surface area contributed by atoms with Crippen LogP contribution >= 0.6 is 24.0 Å². The molecule has 0 atom stereocenters. The lowest BCUT2D eigenvalue weighted by Gasteiger charge is -2.14. The van der Waals surface area contributed by atoms with Crippen molar-refractivity contribution in [2.75, 3.05) is 11.9 Å². The first-order valence-electron chi connectivity index (χ1n) is 10.1. The maximum atomic E-state index is 12.8. The maximum absolute atomic E-state index is 12.8. The van der Waals surface area contributed by atoms with Crippen LogP contribution in [0.2, 0.25) is 0 Å². The van der Waals surface area contributed by atoms with Crippen LogP contribution in [-0.4, -0.2) is 45.3 Å². The summed E-state index contributed by atoms with van der Waals surface area (Å²) in [7, 11) is 0. The van der Waals surface area contributed by atoms with Crippen LogP contribution in [0, 0.1) is 6.92 Å². The van der Waals surface area contributed by atoms with Crippen molar-refractivity contribution in [3.8, 4) is 5.75 Å². The fourth-order valence-electron chi connectivity index (χ4n) is 3.20. The Balaban J connectivity index is 1.61. The molecule has 0 bridgehead atoms. The molecule has 0 aliphatic carbocycles. The summed E-state index contributed by atoms with van der Waals surface area (Å²) in [4.78, 5) is 38.0. The highest BCUT2D eigenvalue weighted by Gasteiger charge is 2.32. The molecule has 1 heterocycles. The molecule has 178 valence electrons. The number of ether oxygens (including phenoxy) is 1. The normalized spacial score (nSPS) is 14.7. The summed E-state index contributed by atoms with van der Waals surface area (Å²) in [5.41, 5.74) is 1.30. The Morgan fingerprint density at radius 1 is 1.26 bits per heavy atom. The van der Waals surface area contributed by atoms with Crippen LogP contribution in [0.1, 0.15) is 34.3 Å². The number of carbonyl (C=O) groups excluding carboxylic acids is 2. The van der Waals surface area contributed by atoms with Crippen molar-refractivity contribution in [1.29, 1.82) is 0 Å². The fourth-order valence-corrected chi connectivity index (χ4v) is 4.49. The van der Waals surface area contributed by atoms with E-state index < -0.39 is 24.4 Å². The topological polar surface area (TPSA) is 95.9 Å². The molecule has 1 fully saturated rings. The van der Waals surface area contributed by atoms with Crippen molar-refractivity contribution >= 4 is 57.8 Å². The highest BCUT2D eigenvalue weighted by molar-refractivity contribution is 8.26. The minimum absolute atomic E-state index is 0.0165. The van der Waals surface area contributed by atoms with Gasteiger partial charge in [0.15, 0.2) is 0 Å². The minimum Gasteiger partial charge on any atom is -0.478 e. The monoisotopic (exact) mass is 506 g/mol. The highest BCUT2D eigenvalue weighted by atomic mass is 32.2. The number of halogens is 2. The highest BCUT2D eigenvalue weighted by Crippen LogP contribution is 2.34. The van der Waals surface area contributed by atoms with E-state index in [1.54, 1.807) is 37.3 Å². The molecule has 7 nitrogen and oxygen atoms in total. The second kappa shape index (κ2) is 11.2. The van der Waals surface area contributed by atoms with E-state index in [0.717, 1.165) is 17.3 Å². The van der Waals surface area contributed by atoms with Gasteiger partial charge in [0.05, 0.1) is 16.2 Å². The molecule has 0 unspecified atom stereocenters. The summed E-state index contributed by atoms with van der Waals surface area (Å²) in [6.45, 7) is -1.05. The zero-order valence-electron chi connectivity index (χ0n) is 17.9. The summed E-state index contributed by atoms with van der Waals surface area (Å²) in [5, 5.41) is 11.9. The number of hydrogen-bond acceptors (Lipinski definition) is 6. The lowest BCUT2D eigenvalue weighted by molar-refractivity contribution is -0.122. The van der Waals surface area contributed by atoms with E-state index in [2.05, 4.69) is 10.1 Å². The first-order valence-corrected chi connectivity index (χ1v) is 11.3. The molecule has 3 rings (SSSR count). The van der Waals surface area contributed by atoms with Crippen LogP contribution in [0.5, 0.6) is 5.75 Å². The standard InChI is InChI=1S/C23H20F2N2O5S2/c1-13-8-9-15(21(30)31)16(11-13)26-19(28)7-4-10-27-20(29)18(34-23(27)33)12-14-5-2-3-6-17(14)32-22(24)25/h2-3,5-6,8-9,11-12,22H,4,7,10H2,1H3,(H,26,28)(H,30,31)/b18-12-. The summed E-state index contributed by atoms with van der Waals surface area (Å²) in [6, 6.07) is 10.7. The lowest BCUT2D eigenvalue weighted by atomic mass is 10.1. The van der Waals surface area contributed by atoms with Crippen molar-refractivity contribution in [2.45, 2.75) is 26.4 Å². The molecule has 1 saturated heterocycles. The van der Waals surface area contributed by atoms with Crippen molar-refractivity contribution in [1.82, 2.24) is 4.90 Å². The number of carboxylic acid groups (broad SMARTS) is 1. The minimum atomic E-state index is -3.00. The predicted octanol–water partition coefficient (Wildman–Crippen LogP) is 4.91. The van der Waals surface area contributed by atoms with Gasteiger partial charge in [-0.05, 0) is 43.2 Å². The molecule has 34 heavy (non-hydrogen) atoms. The number of carbonyl (C=O) groups is 3. The first-order chi connectivity index (χ1) is 16.2. The Morgan fingerprint density at radius 3 is 2.71 bits per heavy atom. The van der Waals surface area contributed by atoms with Crippen LogP contribution in [0.3, 0.4) is 0 Å². The molecule has 0 aromatic heterocycles. The molecule has 1 aliphatic rings. The van der Waals surface area contributed by atoms with Crippen LogP contribution in [0.25, 0.3) is 6.08 Å². The molecule has 0 saturated carbocycles. The van der Waals surface area contributed by atoms with Gasteiger partial charge in [-0.2, -0.15) is 8.78 Å². The molecule has 2 amide bonds. The molecule has 2 N–H and O–H groups in total. The number of thioether (sulfide) groups is 1. The molecule has 1 aliphatic heterocycles. The first kappa shape index (κ1) is 25.3. The van der Waals surface area contributed by atoms with Gasteiger partial charge in [-0.15, -0.1) is 0 Å². The number of rotatable bonds is 9. The third kappa shape index (κ3) is 6.39. The smallest absolute Gasteiger partial charge is 0.387 e. The van der Waals surface area contributed by atoms with E-state index in [4.69, 9.17) is 12.2 Å². The number of thiocarbonyl (C=S) groups is 1. The van der Waals surface area contributed by atoms with Crippen molar-refractivity contribution in [3.63, 3.8) is 0 Å². The Kier molecular flexibility index (Phi) is 8.35. The largest absolute Gasteiger partial charge is 0.478 e. The van der Waals surface area contributed by atoms with Gasteiger partial charge in [-0.25, -0.2) is 4.79 Å². The molecular formula is C23H20F2N2O5S2. The molecule has 0 radical (unpaired) electrons. The van der Waals surface area contributed by atoms with Gasteiger partial charge in [0.25, 0.3) is 5.91 Å². The van der Waals surface area contributed by atoms with Crippen LogP contribution < -0.4 is 10.1 Å². The van der Waals surface area contributed by atoms with Gasteiger partial charge >= 0.3 is 12.6 Å². The van der Waals surface area contributed by atoms with E-state index in [1.165, 1.54) is 23.1 Å². The average molecular weight is 507 g/mol. The Morgan fingerprint density at radius 2 is 2.00 bits per heavy atom. The third-order valence-electron chi connectivity index (χ3n) is 4.76. The molecule has 2 aromatic rings. The van der Waals surface area contributed by atoms with Gasteiger partial charge in [0.2, 0.25) is 5.91 Å². The number of benzene rings is 2. The van der Waals surface area contributed by atoms with Crippen molar-refractivity contribution < 1.29 is 33.0 Å². The summed E-state index contributed by atoms with van der Waals surface area (Å²) < 4.78 is 30.0. The second-order valence-corrected chi connectivity index (χ2v) is 8.93. The average Bonchev–Trinajstić information content (AvgIpc) is 3.02. The SMILES string of the molecule is Cc1ccc(C(=O)O)c(NC(=O)CCCN2C(=O)/C(=C/c3ccccc3OC(F)F)SC2=S)c1. The van der Waals surface area contributed by atoms with Crippen LogP contribution in [0.4, 0.5) is 14.5 Å². The van der Waals surface area contributed by atoms with Gasteiger partial charge < -0.3 is 15.2 Å². The number of alkyl halides is 2. The number of hydrogen-bond donors (Lipinski definition) is 2. The molecule has 0 spiro atoms. The molecule has 2 aromatic carbocycles. The van der Waals surface area contributed by atoms with Crippen molar-refractivity contribution in [3.05, 3.63) is 64.1 Å². The van der Waals surface area contributed by atoms with Gasteiger partial charge in [0.1, 0.15) is 10.1 Å². The number of aromatic carboxylic acids is 1. The Labute approximate surface area is 203 Å². The van der Waals surface area contributed by atoms with Gasteiger partial charge in [0, 0.05) is 18.5 Å². The van der Waals surface area contributed by atoms with E-state index >= 15 is 0 Å². The van der Waals surface area contributed by atoms with E-state index in [1.807, 2.05) is 0 Å². The van der Waals surface area contributed by atoms with Crippen LogP contribution in [-0.2, 0) is 9.59 Å². The number of nitrogens with zero attached hydrogens (tertiary/aromatic N) is 1. The number of nitrogens with one attached hydrogen (secondary N) is 1. The summed E-state index contributed by atoms with van der Waals surface area (Å²) in [5.74, 6) is -2.00. The van der Waals surface area contributed by atoms with Gasteiger partial charge in [-0.3, -0.25) is 14.5 Å². The maximum Gasteiger partial charge on any atom is 0.387 e. The zero-order chi connectivity index (χ0) is 24.8. The Bertz CT molecular complexity index is 1170. The number of para-hydroxylation sites is 1. The molecular weight excluding hydrogens is 486 g/mol. The zero-order valence-corrected chi connectivity index (χ0v) is 19.6. The summed E-state index contributed by atoms with van der Waals surface area (Å²) >= 11 is 6.30. The fraction of sp³-hybridized carbons (Fsp3) is 0.217. The third-order valence-corrected chi connectivity index (χ3v) is 6.14. The quantitative estimate of drug-likeness (QED) is 0.368. The lowest BCUT2D eigenvalue weighted by Crippen LogP contribution is -2.29. The van der Waals surface area contributed by atoms with E-state index in [0.29, 0.717) is 5.56 Å². The van der Waals surface area contributed by atoms with Crippen molar-refractivity contribution in [2.24, 2.45) is 0 Å². The number of amides is 2. The molecule has 11 heteroatoms. The van der Waals surface area contributed by atoms with Crippen LogP contribution in [0.15, 0.2) is 47.4 Å². The van der Waals surface area contributed by atoms with E-state index in [-0.39, 0.29) is 45.6 Å².